The van der Waals surface area contributed by atoms with Gasteiger partial charge in [-0.05, 0) is 6.92 Å². The summed E-state index contributed by atoms with van der Waals surface area (Å²) >= 11 is 0. The summed E-state index contributed by atoms with van der Waals surface area (Å²) in [5.41, 5.74) is 5.84. The van der Waals surface area contributed by atoms with E-state index in [1.54, 1.807) is 19.5 Å². The van der Waals surface area contributed by atoms with E-state index in [-0.39, 0.29) is 12.1 Å². The molecule has 0 aromatic carbocycles. The van der Waals surface area contributed by atoms with Gasteiger partial charge in [-0.3, -0.25) is 0 Å². The van der Waals surface area contributed by atoms with Crippen LogP contribution in [0, 0.1) is 0 Å². The molecule has 0 spiro atoms. The fourth-order valence-corrected chi connectivity index (χ4v) is 1.75. The third kappa shape index (κ3) is 2.83. The Morgan fingerprint density at radius 1 is 1.53 bits per heavy atom. The molecule has 0 bridgehead atoms. The zero-order valence-electron chi connectivity index (χ0n) is 10.2. The van der Waals surface area contributed by atoms with Crippen molar-refractivity contribution in [3.8, 4) is 5.75 Å². The first-order chi connectivity index (χ1) is 8.20. The smallest absolute Gasteiger partial charge is 0.225 e. The quantitative estimate of drug-likeness (QED) is 0.801. The van der Waals surface area contributed by atoms with Crippen LogP contribution in [0.5, 0.6) is 5.75 Å². The molecule has 1 aromatic rings. The third-order valence-corrected chi connectivity index (χ3v) is 2.81. The number of morpholine rings is 1. The Balaban J connectivity index is 2.05. The highest BCUT2D eigenvalue weighted by atomic mass is 16.5. The van der Waals surface area contributed by atoms with E-state index in [0.29, 0.717) is 18.3 Å². The molecule has 1 aromatic heterocycles. The average Bonchev–Trinajstić information content (AvgIpc) is 2.39. The predicted molar refractivity (Wildman–Crippen MR) is 64.2 cm³/mol. The van der Waals surface area contributed by atoms with E-state index in [9.17, 15) is 0 Å². The zero-order chi connectivity index (χ0) is 12.3. The summed E-state index contributed by atoms with van der Waals surface area (Å²) in [5, 5.41) is 0. The van der Waals surface area contributed by atoms with E-state index in [0.717, 1.165) is 13.1 Å². The number of methoxy groups -OCH3 is 1. The van der Waals surface area contributed by atoms with Gasteiger partial charge in [0.05, 0.1) is 32.2 Å². The fraction of sp³-hybridized carbons (Fsp3) is 0.636. The van der Waals surface area contributed by atoms with Crippen molar-refractivity contribution in [2.45, 2.75) is 19.1 Å². The van der Waals surface area contributed by atoms with Crippen molar-refractivity contribution in [3.63, 3.8) is 0 Å². The predicted octanol–water partition coefficient (Wildman–Crippen LogP) is 0.0376. The van der Waals surface area contributed by atoms with Gasteiger partial charge in [0.1, 0.15) is 0 Å². The van der Waals surface area contributed by atoms with E-state index < -0.39 is 0 Å². The SMILES string of the molecule is COc1cnc(N2CCOC(C(C)N)C2)nc1. The molecule has 2 unspecified atom stereocenters. The van der Waals surface area contributed by atoms with E-state index in [1.807, 2.05) is 6.92 Å². The molecule has 6 nitrogen and oxygen atoms in total. The maximum Gasteiger partial charge on any atom is 0.225 e. The van der Waals surface area contributed by atoms with Crippen LogP contribution < -0.4 is 15.4 Å². The number of hydrogen-bond acceptors (Lipinski definition) is 6. The maximum atomic E-state index is 5.84. The molecule has 0 aliphatic carbocycles. The molecule has 2 N–H and O–H groups in total. The van der Waals surface area contributed by atoms with Crippen LogP contribution in [0.1, 0.15) is 6.92 Å². The van der Waals surface area contributed by atoms with Gasteiger partial charge >= 0.3 is 0 Å². The van der Waals surface area contributed by atoms with Gasteiger partial charge in [0.25, 0.3) is 0 Å². The van der Waals surface area contributed by atoms with Gasteiger partial charge in [0.2, 0.25) is 5.95 Å². The van der Waals surface area contributed by atoms with E-state index in [1.165, 1.54) is 0 Å². The molecule has 1 aliphatic rings. The molecule has 0 radical (unpaired) electrons. The Bertz CT molecular complexity index is 355. The molecule has 2 atom stereocenters. The molecule has 17 heavy (non-hydrogen) atoms. The lowest BCUT2D eigenvalue weighted by Crippen LogP contribution is -2.50. The first-order valence-electron chi connectivity index (χ1n) is 5.69. The molecule has 2 heterocycles. The molecule has 1 aliphatic heterocycles. The van der Waals surface area contributed by atoms with Crippen LogP contribution >= 0.6 is 0 Å². The van der Waals surface area contributed by atoms with Crippen LogP contribution in [0.15, 0.2) is 12.4 Å². The monoisotopic (exact) mass is 238 g/mol. The zero-order valence-corrected chi connectivity index (χ0v) is 10.2. The summed E-state index contributed by atoms with van der Waals surface area (Å²) in [6.07, 6.45) is 3.37. The van der Waals surface area contributed by atoms with Crippen molar-refractivity contribution in [1.29, 1.82) is 0 Å². The number of ether oxygens (including phenoxy) is 2. The second-order valence-corrected chi connectivity index (χ2v) is 4.14. The van der Waals surface area contributed by atoms with Crippen LogP contribution in [0.25, 0.3) is 0 Å². The van der Waals surface area contributed by atoms with Crippen LogP contribution in [0.3, 0.4) is 0 Å². The van der Waals surface area contributed by atoms with Gasteiger partial charge < -0.3 is 20.1 Å². The molecule has 1 fully saturated rings. The fourth-order valence-electron chi connectivity index (χ4n) is 1.75. The molecular formula is C11H18N4O2. The topological polar surface area (TPSA) is 73.5 Å². The van der Waals surface area contributed by atoms with Crippen molar-refractivity contribution in [1.82, 2.24) is 9.97 Å². The molecule has 94 valence electrons. The van der Waals surface area contributed by atoms with Crippen LogP contribution in [0.2, 0.25) is 0 Å². The number of nitrogens with two attached hydrogens (primary N) is 1. The minimum atomic E-state index is 0.0102. The lowest BCUT2D eigenvalue weighted by Gasteiger charge is -2.34. The van der Waals surface area contributed by atoms with Gasteiger partial charge in [-0.1, -0.05) is 0 Å². The number of rotatable bonds is 3. The molecule has 6 heteroatoms. The highest BCUT2D eigenvalue weighted by molar-refractivity contribution is 5.32. The molecular weight excluding hydrogens is 220 g/mol. The average molecular weight is 238 g/mol. The second-order valence-electron chi connectivity index (χ2n) is 4.14. The van der Waals surface area contributed by atoms with E-state index in [4.69, 9.17) is 15.2 Å². The van der Waals surface area contributed by atoms with Crippen molar-refractivity contribution in [2.75, 3.05) is 31.7 Å². The maximum absolute atomic E-state index is 5.84. The number of nitrogens with zero attached hydrogens (tertiary/aromatic N) is 3. The molecule has 0 amide bonds. The van der Waals surface area contributed by atoms with Gasteiger partial charge in [0.15, 0.2) is 5.75 Å². The van der Waals surface area contributed by atoms with Gasteiger partial charge in [0, 0.05) is 19.1 Å². The first-order valence-corrected chi connectivity index (χ1v) is 5.69. The Morgan fingerprint density at radius 2 is 2.24 bits per heavy atom. The summed E-state index contributed by atoms with van der Waals surface area (Å²) in [7, 11) is 1.60. The minimum absolute atomic E-state index is 0.0102. The Labute approximate surface area is 101 Å². The Hall–Kier alpha value is -1.40. The van der Waals surface area contributed by atoms with Gasteiger partial charge in [-0.2, -0.15) is 0 Å². The van der Waals surface area contributed by atoms with Crippen molar-refractivity contribution in [3.05, 3.63) is 12.4 Å². The highest BCUT2D eigenvalue weighted by Crippen LogP contribution is 2.15. The van der Waals surface area contributed by atoms with Crippen molar-refractivity contribution < 1.29 is 9.47 Å². The van der Waals surface area contributed by atoms with Crippen molar-refractivity contribution in [2.24, 2.45) is 5.73 Å². The van der Waals surface area contributed by atoms with Gasteiger partial charge in [-0.25, -0.2) is 9.97 Å². The summed E-state index contributed by atoms with van der Waals surface area (Å²) < 4.78 is 10.6. The third-order valence-electron chi connectivity index (χ3n) is 2.81. The number of aromatic nitrogens is 2. The Kier molecular flexibility index (Phi) is 3.75. The lowest BCUT2D eigenvalue weighted by molar-refractivity contribution is 0.0270. The largest absolute Gasteiger partial charge is 0.494 e. The van der Waals surface area contributed by atoms with Gasteiger partial charge in [-0.15, -0.1) is 0 Å². The standard InChI is InChI=1S/C11H18N4O2/c1-8(12)10-7-15(3-4-17-10)11-13-5-9(16-2)6-14-11/h5-6,8,10H,3-4,7,12H2,1-2H3. The first kappa shape index (κ1) is 12.1. The van der Waals surface area contributed by atoms with E-state index in [2.05, 4.69) is 14.9 Å². The van der Waals surface area contributed by atoms with Crippen molar-refractivity contribution >= 4 is 5.95 Å². The normalized spacial score (nSPS) is 22.3. The molecule has 0 saturated carbocycles. The summed E-state index contributed by atoms with van der Waals surface area (Å²) in [4.78, 5) is 10.6. The number of anilines is 1. The minimum Gasteiger partial charge on any atom is -0.494 e. The molecule has 1 saturated heterocycles. The highest BCUT2D eigenvalue weighted by Gasteiger charge is 2.24. The number of hydrogen-bond donors (Lipinski definition) is 1. The summed E-state index contributed by atoms with van der Waals surface area (Å²) in [6, 6.07) is 0.0102. The Morgan fingerprint density at radius 3 is 2.82 bits per heavy atom. The summed E-state index contributed by atoms with van der Waals surface area (Å²) in [5.74, 6) is 1.35. The van der Waals surface area contributed by atoms with Crippen LogP contribution in [-0.2, 0) is 4.74 Å². The lowest BCUT2D eigenvalue weighted by atomic mass is 10.1. The molecule has 2 rings (SSSR count). The second kappa shape index (κ2) is 5.29. The summed E-state index contributed by atoms with van der Waals surface area (Å²) in [6.45, 7) is 4.12. The van der Waals surface area contributed by atoms with Crippen LogP contribution in [0.4, 0.5) is 5.95 Å². The van der Waals surface area contributed by atoms with E-state index >= 15 is 0 Å². The van der Waals surface area contributed by atoms with Crippen LogP contribution in [-0.4, -0.2) is 48.9 Å².